The van der Waals surface area contributed by atoms with Crippen molar-refractivity contribution in [2.75, 3.05) is 12.3 Å². The Labute approximate surface area is 80.6 Å². The van der Waals surface area contributed by atoms with Gasteiger partial charge in [0.2, 0.25) is 5.91 Å². The van der Waals surface area contributed by atoms with E-state index < -0.39 is 4.75 Å². The molecule has 4 nitrogen and oxygen atoms in total. The molecule has 72 valence electrons. The minimum absolute atomic E-state index is 0.291. The second kappa shape index (κ2) is 5.69. The fourth-order valence-corrected chi connectivity index (χ4v) is 2.62. The number of hydrazine groups is 1. The number of carbonyl (C=O) groups is 1. The standard InChI is InChI=1S/C6H15N3OS2/c1-6(2,5(7)10)12-11-4-3-9-8/h9H,3-4,8H2,1-2H3,(H2,7,10). The Hall–Kier alpha value is 0.0900. The number of hydrogen-bond acceptors (Lipinski definition) is 5. The zero-order chi connectivity index (χ0) is 9.61. The van der Waals surface area contributed by atoms with Crippen LogP contribution >= 0.6 is 21.6 Å². The minimum Gasteiger partial charge on any atom is -0.368 e. The van der Waals surface area contributed by atoms with Gasteiger partial charge in [-0.05, 0) is 13.8 Å². The summed E-state index contributed by atoms with van der Waals surface area (Å²) in [7, 11) is 3.06. The Morgan fingerprint density at radius 3 is 2.58 bits per heavy atom. The third-order valence-electron chi connectivity index (χ3n) is 1.19. The molecule has 0 fully saturated rings. The second-order valence-corrected chi connectivity index (χ2v) is 5.77. The van der Waals surface area contributed by atoms with Gasteiger partial charge in [0.15, 0.2) is 0 Å². The summed E-state index contributed by atoms with van der Waals surface area (Å²) in [5.74, 6) is 5.64. The fraction of sp³-hybridized carbons (Fsp3) is 0.833. The molecule has 0 aromatic heterocycles. The minimum atomic E-state index is -0.501. The van der Waals surface area contributed by atoms with Crippen molar-refractivity contribution >= 4 is 27.5 Å². The molecule has 0 unspecified atom stereocenters. The first-order chi connectivity index (χ1) is 5.50. The Balaban J connectivity index is 3.54. The Morgan fingerprint density at radius 1 is 1.58 bits per heavy atom. The van der Waals surface area contributed by atoms with Crippen molar-refractivity contribution in [1.29, 1.82) is 0 Å². The summed E-state index contributed by atoms with van der Waals surface area (Å²) in [6.45, 7) is 4.35. The van der Waals surface area contributed by atoms with E-state index in [-0.39, 0.29) is 5.91 Å². The average Bonchev–Trinajstić information content (AvgIpc) is 1.98. The van der Waals surface area contributed by atoms with Crippen LogP contribution in [0.4, 0.5) is 0 Å². The van der Waals surface area contributed by atoms with E-state index in [1.54, 1.807) is 10.8 Å². The highest BCUT2D eigenvalue weighted by molar-refractivity contribution is 8.77. The van der Waals surface area contributed by atoms with E-state index in [1.165, 1.54) is 10.8 Å². The molecule has 0 bridgehead atoms. The maximum absolute atomic E-state index is 10.8. The highest BCUT2D eigenvalue weighted by Gasteiger charge is 2.25. The largest absolute Gasteiger partial charge is 0.368 e. The molecule has 0 saturated carbocycles. The topological polar surface area (TPSA) is 81.1 Å². The number of hydrogen-bond donors (Lipinski definition) is 3. The third kappa shape index (κ3) is 4.87. The van der Waals surface area contributed by atoms with E-state index in [4.69, 9.17) is 11.6 Å². The van der Waals surface area contributed by atoms with E-state index in [2.05, 4.69) is 5.43 Å². The van der Waals surface area contributed by atoms with Crippen LogP contribution in [0.2, 0.25) is 0 Å². The summed E-state index contributed by atoms with van der Waals surface area (Å²) in [4.78, 5) is 10.8. The molecule has 0 aliphatic carbocycles. The van der Waals surface area contributed by atoms with Crippen molar-refractivity contribution in [3.8, 4) is 0 Å². The number of nitrogens with one attached hydrogen (secondary N) is 1. The molecule has 6 heteroatoms. The van der Waals surface area contributed by atoms with Gasteiger partial charge in [0, 0.05) is 12.3 Å². The zero-order valence-electron chi connectivity index (χ0n) is 7.29. The summed E-state index contributed by atoms with van der Waals surface area (Å²) < 4.78 is -0.501. The monoisotopic (exact) mass is 209 g/mol. The Morgan fingerprint density at radius 2 is 2.17 bits per heavy atom. The molecule has 0 heterocycles. The highest BCUT2D eigenvalue weighted by Crippen LogP contribution is 2.34. The van der Waals surface area contributed by atoms with Crippen LogP contribution in [-0.2, 0) is 4.79 Å². The predicted octanol–water partition coefficient (Wildman–Crippen LogP) is 0.0950. The van der Waals surface area contributed by atoms with Crippen molar-refractivity contribution in [3.63, 3.8) is 0 Å². The lowest BCUT2D eigenvalue weighted by molar-refractivity contribution is -0.119. The molecule has 0 aromatic carbocycles. The first-order valence-corrected chi connectivity index (χ1v) is 5.86. The molecule has 5 N–H and O–H groups in total. The molecule has 0 rings (SSSR count). The summed E-state index contributed by atoms with van der Waals surface area (Å²) in [6.07, 6.45) is 0. The predicted molar refractivity (Wildman–Crippen MR) is 55.5 cm³/mol. The summed E-state index contributed by atoms with van der Waals surface area (Å²) in [5, 5.41) is 0. The third-order valence-corrected chi connectivity index (χ3v) is 4.40. The van der Waals surface area contributed by atoms with Gasteiger partial charge in [-0.1, -0.05) is 21.6 Å². The quantitative estimate of drug-likeness (QED) is 0.250. The lowest BCUT2D eigenvalue weighted by Crippen LogP contribution is -2.34. The molecule has 0 spiro atoms. The van der Waals surface area contributed by atoms with Crippen LogP contribution in [-0.4, -0.2) is 23.0 Å². The van der Waals surface area contributed by atoms with E-state index in [0.29, 0.717) is 0 Å². The Kier molecular flexibility index (Phi) is 5.73. The zero-order valence-corrected chi connectivity index (χ0v) is 8.93. The van der Waals surface area contributed by atoms with Crippen LogP contribution in [0.1, 0.15) is 13.8 Å². The first kappa shape index (κ1) is 12.1. The number of nitrogens with two attached hydrogens (primary N) is 2. The van der Waals surface area contributed by atoms with Crippen LogP contribution < -0.4 is 17.0 Å². The average molecular weight is 209 g/mol. The van der Waals surface area contributed by atoms with Crippen LogP contribution in [0, 0.1) is 0 Å². The van der Waals surface area contributed by atoms with Crippen LogP contribution in [0.3, 0.4) is 0 Å². The van der Waals surface area contributed by atoms with Crippen LogP contribution in [0.15, 0.2) is 0 Å². The van der Waals surface area contributed by atoms with Gasteiger partial charge < -0.3 is 5.73 Å². The van der Waals surface area contributed by atoms with Crippen molar-refractivity contribution < 1.29 is 4.79 Å². The van der Waals surface area contributed by atoms with E-state index in [0.717, 1.165) is 12.3 Å². The number of rotatable bonds is 6. The first-order valence-electron chi connectivity index (χ1n) is 3.54. The maximum atomic E-state index is 10.8. The molecule has 0 aromatic rings. The van der Waals surface area contributed by atoms with Gasteiger partial charge in [0.25, 0.3) is 0 Å². The van der Waals surface area contributed by atoms with Crippen molar-refractivity contribution in [2.24, 2.45) is 11.6 Å². The Bertz CT molecular complexity index is 152. The number of carbonyl (C=O) groups excluding carboxylic acids is 1. The number of amides is 1. The normalized spacial score (nSPS) is 11.6. The maximum Gasteiger partial charge on any atom is 0.233 e. The van der Waals surface area contributed by atoms with Crippen LogP contribution in [0.5, 0.6) is 0 Å². The van der Waals surface area contributed by atoms with Gasteiger partial charge in [-0.25, -0.2) is 0 Å². The fourth-order valence-electron chi connectivity index (χ4n) is 0.331. The molecule has 0 aliphatic rings. The van der Waals surface area contributed by atoms with Crippen molar-refractivity contribution in [2.45, 2.75) is 18.6 Å². The van der Waals surface area contributed by atoms with Gasteiger partial charge in [0.1, 0.15) is 0 Å². The van der Waals surface area contributed by atoms with Crippen LogP contribution in [0.25, 0.3) is 0 Å². The van der Waals surface area contributed by atoms with Gasteiger partial charge in [0.05, 0.1) is 4.75 Å². The lowest BCUT2D eigenvalue weighted by atomic mass is 10.2. The molecule has 0 saturated heterocycles. The lowest BCUT2D eigenvalue weighted by Gasteiger charge is -2.18. The highest BCUT2D eigenvalue weighted by atomic mass is 33.1. The second-order valence-electron chi connectivity index (χ2n) is 2.73. The number of primary amides is 1. The van der Waals surface area contributed by atoms with Gasteiger partial charge in [-0.3, -0.25) is 16.1 Å². The van der Waals surface area contributed by atoms with Gasteiger partial charge in [-0.15, -0.1) is 0 Å². The molecule has 0 atom stereocenters. The molecular weight excluding hydrogens is 194 g/mol. The molecule has 0 radical (unpaired) electrons. The van der Waals surface area contributed by atoms with Gasteiger partial charge in [-0.2, -0.15) is 0 Å². The summed E-state index contributed by atoms with van der Waals surface area (Å²) >= 11 is 0. The summed E-state index contributed by atoms with van der Waals surface area (Å²) in [6, 6.07) is 0. The smallest absolute Gasteiger partial charge is 0.233 e. The SMILES string of the molecule is CC(C)(SSCCNN)C(N)=O. The van der Waals surface area contributed by atoms with E-state index in [1.807, 2.05) is 13.8 Å². The summed E-state index contributed by atoms with van der Waals surface area (Å²) in [5.41, 5.74) is 7.70. The molecule has 0 aliphatic heterocycles. The van der Waals surface area contributed by atoms with Gasteiger partial charge >= 0.3 is 0 Å². The van der Waals surface area contributed by atoms with E-state index >= 15 is 0 Å². The van der Waals surface area contributed by atoms with Crippen molar-refractivity contribution in [1.82, 2.24) is 5.43 Å². The molecule has 12 heavy (non-hydrogen) atoms. The van der Waals surface area contributed by atoms with Crippen molar-refractivity contribution in [3.05, 3.63) is 0 Å². The molecule has 1 amide bonds. The van der Waals surface area contributed by atoms with E-state index in [9.17, 15) is 4.79 Å². The molecular formula is C6H15N3OS2.